The first-order valence-electron chi connectivity index (χ1n) is 16.8. The summed E-state index contributed by atoms with van der Waals surface area (Å²) in [6, 6.07) is 31.4. The van der Waals surface area contributed by atoms with Crippen molar-refractivity contribution >= 4 is 28.4 Å². The monoisotopic (exact) mass is 568 g/mol. The van der Waals surface area contributed by atoms with Gasteiger partial charge in [0.15, 0.2) is 0 Å². The number of rotatable bonds is 4. The molecule has 2 saturated carbocycles. The minimum atomic E-state index is -0.579. The third-order valence-corrected chi connectivity index (χ3v) is 11.5. The van der Waals surface area contributed by atoms with Gasteiger partial charge in [-0.2, -0.15) is 0 Å². The van der Waals surface area contributed by atoms with Gasteiger partial charge in [-0.15, -0.1) is 0 Å². The van der Waals surface area contributed by atoms with E-state index in [0.29, 0.717) is 5.92 Å². The van der Waals surface area contributed by atoms with E-state index >= 15 is 0 Å². The fourth-order valence-corrected chi connectivity index (χ4v) is 9.00. The lowest BCUT2D eigenvalue weighted by Gasteiger charge is -2.51. The molecule has 1 unspecified atom stereocenters. The first-order chi connectivity index (χ1) is 21.0. The largest absolute Gasteiger partial charge is 0.459 e. The molecule has 2 heterocycles. The van der Waals surface area contributed by atoms with Gasteiger partial charge in [-0.3, -0.25) is 4.99 Å². The van der Waals surface area contributed by atoms with E-state index < -0.39 is 5.72 Å². The molecule has 2 fully saturated rings. The van der Waals surface area contributed by atoms with Crippen LogP contribution in [0.25, 0.3) is 10.8 Å². The van der Waals surface area contributed by atoms with Crippen molar-refractivity contribution in [3.8, 4) is 5.75 Å². The number of hydrogen-bond acceptors (Lipinski definition) is 3. The fraction of sp³-hybridized carbons (Fsp3) is 0.425. The molecule has 0 aromatic heterocycles. The zero-order valence-electron chi connectivity index (χ0n) is 25.8. The Labute approximate surface area is 257 Å². The van der Waals surface area contributed by atoms with E-state index in [9.17, 15) is 0 Å². The molecule has 8 rings (SSSR count). The van der Waals surface area contributed by atoms with E-state index in [1.54, 1.807) is 0 Å². The van der Waals surface area contributed by atoms with Crippen LogP contribution in [0, 0.1) is 5.92 Å². The number of hydrogen-bond donors (Lipinski definition) is 0. The highest BCUT2D eigenvalue weighted by Crippen LogP contribution is 2.60. The van der Waals surface area contributed by atoms with Gasteiger partial charge in [0.05, 0.1) is 11.6 Å². The number of anilines is 1. The Morgan fingerprint density at radius 1 is 0.791 bits per heavy atom. The van der Waals surface area contributed by atoms with Crippen molar-refractivity contribution in [3.63, 3.8) is 0 Å². The Hall–Kier alpha value is -3.59. The summed E-state index contributed by atoms with van der Waals surface area (Å²) in [5.74, 6) is 1.63. The zero-order chi connectivity index (χ0) is 29.1. The quantitative estimate of drug-likeness (QED) is 0.245. The van der Waals surface area contributed by atoms with Gasteiger partial charge in [0, 0.05) is 23.0 Å². The van der Waals surface area contributed by atoms with Crippen molar-refractivity contribution in [2.45, 2.75) is 94.6 Å². The second-order valence-corrected chi connectivity index (χ2v) is 14.2. The van der Waals surface area contributed by atoms with E-state index in [0.717, 1.165) is 30.8 Å². The maximum Gasteiger partial charge on any atom is 0.229 e. The van der Waals surface area contributed by atoms with Gasteiger partial charge < -0.3 is 9.64 Å². The average molecular weight is 569 g/mol. The van der Waals surface area contributed by atoms with Crippen LogP contribution in [0.1, 0.15) is 94.7 Å². The summed E-state index contributed by atoms with van der Waals surface area (Å²) in [4.78, 5) is 8.05. The van der Waals surface area contributed by atoms with Crippen molar-refractivity contribution in [1.82, 2.24) is 0 Å². The van der Waals surface area contributed by atoms with Gasteiger partial charge in [-0.05, 0) is 65.8 Å². The fourth-order valence-electron chi connectivity index (χ4n) is 9.00. The van der Waals surface area contributed by atoms with Crippen LogP contribution in [-0.4, -0.2) is 18.5 Å². The van der Waals surface area contributed by atoms with Crippen molar-refractivity contribution in [2.75, 3.05) is 11.4 Å². The van der Waals surface area contributed by atoms with Crippen LogP contribution in [0.5, 0.6) is 5.75 Å². The minimum Gasteiger partial charge on any atom is -0.459 e. The number of benzene rings is 4. The van der Waals surface area contributed by atoms with Crippen LogP contribution in [0.4, 0.5) is 11.4 Å². The summed E-state index contributed by atoms with van der Waals surface area (Å²) in [7, 11) is 0. The molecule has 4 aliphatic rings. The lowest BCUT2D eigenvalue weighted by molar-refractivity contribution is 0.0331. The molecule has 3 nitrogen and oxygen atoms in total. The molecule has 0 saturated heterocycles. The smallest absolute Gasteiger partial charge is 0.229 e. The predicted molar refractivity (Wildman–Crippen MR) is 179 cm³/mol. The molecule has 1 atom stereocenters. The minimum absolute atomic E-state index is 0.0732. The standard InChI is InChI=1S/C40H44N2O/c1-38(2,31-16-8-4-9-17-31)32-21-22-33-30(26-32)20-23-36-37(33)41-28-40(43-36)39(24-12-5-13-25-39)34-18-10-11-19-35(34)42(40)27-29-14-6-3-7-15-29/h4,8-11,16-23,26,28-29H,3,5-7,12-15,24-25,27H2,1-2H3. The van der Waals surface area contributed by atoms with E-state index in [1.807, 2.05) is 0 Å². The van der Waals surface area contributed by atoms with Crippen molar-refractivity contribution < 1.29 is 4.74 Å². The molecule has 4 aromatic rings. The van der Waals surface area contributed by atoms with Gasteiger partial charge in [0.2, 0.25) is 5.72 Å². The number of fused-ring (bicyclic) bond motifs is 6. The molecule has 2 aliphatic heterocycles. The van der Waals surface area contributed by atoms with Crippen LogP contribution in [-0.2, 0) is 10.8 Å². The van der Waals surface area contributed by atoms with Gasteiger partial charge in [0.25, 0.3) is 0 Å². The van der Waals surface area contributed by atoms with E-state index in [4.69, 9.17) is 9.73 Å². The molecule has 0 amide bonds. The molecular formula is C40H44N2O. The number of aliphatic imine (C=N–C) groups is 1. The SMILES string of the molecule is CC(C)(c1ccccc1)c1ccc2c3c(ccc2c1)OC1(C=N3)N(CC2CCCCC2)c2ccccc2C12CCCCC2. The second kappa shape index (κ2) is 10.3. The summed E-state index contributed by atoms with van der Waals surface area (Å²) in [6.45, 7) is 5.68. The Morgan fingerprint density at radius 2 is 1.53 bits per heavy atom. The van der Waals surface area contributed by atoms with Crippen LogP contribution in [0.15, 0.2) is 89.9 Å². The molecular weight excluding hydrogens is 524 g/mol. The predicted octanol–water partition coefficient (Wildman–Crippen LogP) is 10.3. The lowest BCUT2D eigenvalue weighted by Crippen LogP contribution is -2.65. The Kier molecular flexibility index (Phi) is 6.44. The second-order valence-electron chi connectivity index (χ2n) is 14.2. The molecule has 2 spiro atoms. The molecule has 0 bridgehead atoms. The summed E-state index contributed by atoms with van der Waals surface area (Å²) in [5.41, 5.74) is 5.74. The maximum absolute atomic E-state index is 7.46. The van der Waals surface area contributed by atoms with Gasteiger partial charge >= 0.3 is 0 Å². The highest BCUT2D eigenvalue weighted by Gasteiger charge is 2.64. The van der Waals surface area contributed by atoms with E-state index in [1.165, 1.54) is 84.5 Å². The van der Waals surface area contributed by atoms with Crippen molar-refractivity contribution in [3.05, 3.63) is 102 Å². The van der Waals surface area contributed by atoms with Crippen LogP contribution in [0.3, 0.4) is 0 Å². The third-order valence-electron chi connectivity index (χ3n) is 11.5. The Morgan fingerprint density at radius 3 is 2.35 bits per heavy atom. The molecule has 3 heteroatoms. The van der Waals surface area contributed by atoms with Crippen molar-refractivity contribution in [2.24, 2.45) is 10.9 Å². The summed E-state index contributed by atoms with van der Waals surface area (Å²) < 4.78 is 7.46. The Balaban J connectivity index is 1.23. The van der Waals surface area contributed by atoms with Gasteiger partial charge in [-0.1, -0.05) is 125 Å². The third kappa shape index (κ3) is 4.10. The first kappa shape index (κ1) is 27.0. The molecule has 220 valence electrons. The highest BCUT2D eigenvalue weighted by atomic mass is 16.5. The molecule has 0 radical (unpaired) electrons. The van der Waals surface area contributed by atoms with Gasteiger partial charge in [0.1, 0.15) is 11.4 Å². The lowest BCUT2D eigenvalue weighted by atomic mass is 9.64. The molecule has 43 heavy (non-hydrogen) atoms. The topological polar surface area (TPSA) is 24.8 Å². The van der Waals surface area contributed by atoms with Crippen molar-refractivity contribution in [1.29, 1.82) is 0 Å². The summed E-state index contributed by atoms with van der Waals surface area (Å²) in [5, 5.41) is 2.39. The summed E-state index contributed by atoms with van der Waals surface area (Å²) >= 11 is 0. The van der Waals surface area contributed by atoms with Crippen LogP contribution < -0.4 is 9.64 Å². The Bertz CT molecular complexity index is 1680. The highest BCUT2D eigenvalue weighted by molar-refractivity contribution is 6.00. The van der Waals surface area contributed by atoms with E-state index in [-0.39, 0.29) is 10.8 Å². The van der Waals surface area contributed by atoms with Gasteiger partial charge in [-0.25, -0.2) is 0 Å². The zero-order valence-corrected chi connectivity index (χ0v) is 25.8. The van der Waals surface area contributed by atoms with Crippen LogP contribution >= 0.6 is 0 Å². The average Bonchev–Trinajstić information content (AvgIpc) is 3.26. The molecule has 4 aromatic carbocycles. The molecule has 0 N–H and O–H groups in total. The number of ether oxygens (including phenoxy) is 1. The molecule has 2 aliphatic carbocycles. The van der Waals surface area contributed by atoms with Crippen LogP contribution in [0.2, 0.25) is 0 Å². The van der Waals surface area contributed by atoms with E-state index in [2.05, 4.69) is 110 Å². The maximum atomic E-state index is 7.46. The normalized spacial score (nSPS) is 23.0. The number of nitrogens with zero attached hydrogens (tertiary/aromatic N) is 2. The summed E-state index contributed by atoms with van der Waals surface area (Å²) in [6.07, 6.45) is 15.1. The number of para-hydroxylation sites is 1. The first-order valence-corrected chi connectivity index (χ1v) is 16.8.